The lowest BCUT2D eigenvalue weighted by Gasteiger charge is -2.04. The SMILES string of the molecule is CC(N)c1cccc2[nH]oc(=O)c12. The van der Waals surface area contributed by atoms with Gasteiger partial charge in [-0.1, -0.05) is 12.1 Å². The first-order valence-corrected chi connectivity index (χ1v) is 4.06. The molecule has 0 saturated heterocycles. The topological polar surface area (TPSA) is 72.0 Å². The van der Waals surface area contributed by atoms with Crippen LogP contribution < -0.4 is 11.4 Å². The molecular formula is C9H10N2O2. The average Bonchev–Trinajstić information content (AvgIpc) is 2.48. The zero-order valence-electron chi connectivity index (χ0n) is 7.20. The van der Waals surface area contributed by atoms with Gasteiger partial charge in [0.1, 0.15) is 0 Å². The van der Waals surface area contributed by atoms with Gasteiger partial charge in [-0.25, -0.2) is 9.95 Å². The minimum absolute atomic E-state index is 0.164. The smallest absolute Gasteiger partial charge is 0.338 e. The second-order valence-corrected chi connectivity index (χ2v) is 3.05. The van der Waals surface area contributed by atoms with Crippen molar-refractivity contribution in [2.24, 2.45) is 5.73 Å². The van der Waals surface area contributed by atoms with Crippen molar-refractivity contribution < 1.29 is 4.52 Å². The summed E-state index contributed by atoms with van der Waals surface area (Å²) in [6, 6.07) is 5.29. The van der Waals surface area contributed by atoms with Crippen LogP contribution in [0.15, 0.2) is 27.5 Å². The molecule has 1 atom stereocenters. The Bertz CT molecular complexity index is 482. The first-order chi connectivity index (χ1) is 6.20. The molecule has 13 heavy (non-hydrogen) atoms. The molecule has 4 nitrogen and oxygen atoms in total. The minimum atomic E-state index is -0.358. The first-order valence-electron chi connectivity index (χ1n) is 4.06. The fraction of sp³-hybridized carbons (Fsp3) is 0.222. The van der Waals surface area contributed by atoms with Crippen LogP contribution in [0.3, 0.4) is 0 Å². The molecule has 3 N–H and O–H groups in total. The third-order valence-electron chi connectivity index (χ3n) is 2.05. The quantitative estimate of drug-likeness (QED) is 0.687. The van der Waals surface area contributed by atoms with Gasteiger partial charge in [0.2, 0.25) is 0 Å². The molecule has 1 aromatic heterocycles. The molecule has 2 aromatic rings. The van der Waals surface area contributed by atoms with Gasteiger partial charge in [0.15, 0.2) is 0 Å². The number of benzene rings is 1. The van der Waals surface area contributed by atoms with E-state index in [0.29, 0.717) is 10.9 Å². The summed E-state index contributed by atoms with van der Waals surface area (Å²) >= 11 is 0. The van der Waals surface area contributed by atoms with E-state index in [2.05, 4.69) is 9.68 Å². The van der Waals surface area contributed by atoms with Crippen LogP contribution in [-0.2, 0) is 0 Å². The third-order valence-corrected chi connectivity index (χ3v) is 2.05. The van der Waals surface area contributed by atoms with E-state index in [1.807, 2.05) is 19.1 Å². The van der Waals surface area contributed by atoms with Gasteiger partial charge in [0.05, 0.1) is 10.9 Å². The lowest BCUT2D eigenvalue weighted by molar-refractivity contribution is 0.399. The predicted octanol–water partition coefficient (Wildman–Crippen LogP) is 1.14. The maximum absolute atomic E-state index is 11.3. The standard InChI is InChI=1S/C9H10N2O2/c1-5(10)6-3-2-4-7-8(6)9(12)13-11-7/h2-5,11H,10H2,1H3. The van der Waals surface area contributed by atoms with Crippen LogP contribution in [-0.4, -0.2) is 5.16 Å². The van der Waals surface area contributed by atoms with E-state index in [1.165, 1.54) is 0 Å². The van der Waals surface area contributed by atoms with Gasteiger partial charge in [-0.05, 0) is 18.6 Å². The Labute approximate surface area is 74.3 Å². The zero-order valence-corrected chi connectivity index (χ0v) is 7.20. The molecule has 0 aliphatic rings. The summed E-state index contributed by atoms with van der Waals surface area (Å²) in [4.78, 5) is 11.3. The molecule has 0 aliphatic heterocycles. The van der Waals surface area contributed by atoms with Crippen molar-refractivity contribution in [2.75, 3.05) is 0 Å². The van der Waals surface area contributed by atoms with Gasteiger partial charge in [0, 0.05) is 6.04 Å². The average molecular weight is 178 g/mol. The van der Waals surface area contributed by atoms with E-state index in [-0.39, 0.29) is 11.7 Å². The second kappa shape index (κ2) is 2.74. The Balaban J connectivity index is 2.88. The molecule has 0 bridgehead atoms. The molecule has 4 heteroatoms. The van der Waals surface area contributed by atoms with Crippen LogP contribution in [0.2, 0.25) is 0 Å². The molecule has 0 spiro atoms. The highest BCUT2D eigenvalue weighted by atomic mass is 16.5. The van der Waals surface area contributed by atoms with Gasteiger partial charge in [-0.3, -0.25) is 0 Å². The lowest BCUT2D eigenvalue weighted by Crippen LogP contribution is -2.08. The molecule has 1 heterocycles. The van der Waals surface area contributed by atoms with Gasteiger partial charge in [-0.15, -0.1) is 0 Å². The van der Waals surface area contributed by atoms with Crippen molar-refractivity contribution in [3.63, 3.8) is 0 Å². The second-order valence-electron chi connectivity index (χ2n) is 3.05. The van der Waals surface area contributed by atoms with Crippen molar-refractivity contribution in [2.45, 2.75) is 13.0 Å². The number of rotatable bonds is 1. The molecular weight excluding hydrogens is 168 g/mol. The van der Waals surface area contributed by atoms with Crippen LogP contribution >= 0.6 is 0 Å². The number of aromatic amines is 1. The molecule has 2 rings (SSSR count). The van der Waals surface area contributed by atoms with Crippen LogP contribution in [0.5, 0.6) is 0 Å². The Kier molecular flexibility index (Phi) is 1.70. The molecule has 68 valence electrons. The predicted molar refractivity (Wildman–Crippen MR) is 49.4 cm³/mol. The summed E-state index contributed by atoms with van der Waals surface area (Å²) in [5, 5.41) is 3.09. The number of fused-ring (bicyclic) bond motifs is 1. The zero-order chi connectivity index (χ0) is 9.42. The summed E-state index contributed by atoms with van der Waals surface area (Å²) in [5.74, 6) is 0. The van der Waals surface area contributed by atoms with Gasteiger partial charge in [0.25, 0.3) is 0 Å². The maximum Gasteiger partial charge on any atom is 0.365 e. The molecule has 0 fully saturated rings. The molecule has 0 aliphatic carbocycles. The molecule has 1 unspecified atom stereocenters. The first kappa shape index (κ1) is 8.07. The normalized spacial score (nSPS) is 13.4. The highest BCUT2D eigenvalue weighted by molar-refractivity contribution is 5.81. The molecule has 1 aromatic carbocycles. The maximum atomic E-state index is 11.3. The highest BCUT2D eigenvalue weighted by Crippen LogP contribution is 2.18. The van der Waals surface area contributed by atoms with Crippen LogP contribution in [0, 0.1) is 0 Å². The van der Waals surface area contributed by atoms with Gasteiger partial charge in [-0.2, -0.15) is 0 Å². The van der Waals surface area contributed by atoms with Crippen molar-refractivity contribution in [3.05, 3.63) is 34.2 Å². The van der Waals surface area contributed by atoms with E-state index in [4.69, 9.17) is 5.73 Å². The van der Waals surface area contributed by atoms with Crippen LogP contribution in [0.1, 0.15) is 18.5 Å². The third kappa shape index (κ3) is 1.15. The summed E-state index contributed by atoms with van der Waals surface area (Å²) < 4.78 is 4.67. The van der Waals surface area contributed by atoms with E-state index >= 15 is 0 Å². The van der Waals surface area contributed by atoms with E-state index in [1.54, 1.807) is 6.07 Å². The van der Waals surface area contributed by atoms with Gasteiger partial charge >= 0.3 is 5.63 Å². The summed E-state index contributed by atoms with van der Waals surface area (Å²) in [7, 11) is 0. The largest absolute Gasteiger partial charge is 0.365 e. The van der Waals surface area contributed by atoms with Crippen LogP contribution in [0.4, 0.5) is 0 Å². The molecule has 0 radical (unpaired) electrons. The summed E-state index contributed by atoms with van der Waals surface area (Å²) in [6.45, 7) is 1.83. The fourth-order valence-electron chi connectivity index (χ4n) is 1.41. The molecule has 0 saturated carbocycles. The Morgan fingerprint density at radius 1 is 1.54 bits per heavy atom. The minimum Gasteiger partial charge on any atom is -0.338 e. The molecule has 0 amide bonds. The highest BCUT2D eigenvalue weighted by Gasteiger charge is 2.10. The number of nitrogens with one attached hydrogen (secondary N) is 1. The summed E-state index contributed by atoms with van der Waals surface area (Å²) in [6.07, 6.45) is 0. The Morgan fingerprint density at radius 3 is 3.00 bits per heavy atom. The number of hydrogen-bond donors (Lipinski definition) is 2. The van der Waals surface area contributed by atoms with Crippen LogP contribution in [0.25, 0.3) is 10.9 Å². The number of nitrogens with two attached hydrogens (primary N) is 1. The monoisotopic (exact) mass is 178 g/mol. The summed E-state index contributed by atoms with van der Waals surface area (Å²) in [5.41, 5.74) is 6.86. The number of hydrogen-bond acceptors (Lipinski definition) is 3. The fourth-order valence-corrected chi connectivity index (χ4v) is 1.41. The van der Waals surface area contributed by atoms with E-state index < -0.39 is 0 Å². The van der Waals surface area contributed by atoms with Gasteiger partial charge < -0.3 is 10.3 Å². The van der Waals surface area contributed by atoms with E-state index in [9.17, 15) is 4.79 Å². The number of H-pyrrole nitrogens is 1. The Hall–Kier alpha value is -1.55. The van der Waals surface area contributed by atoms with Crippen molar-refractivity contribution in [3.8, 4) is 0 Å². The van der Waals surface area contributed by atoms with Crippen molar-refractivity contribution >= 4 is 10.9 Å². The van der Waals surface area contributed by atoms with Crippen molar-refractivity contribution in [1.29, 1.82) is 0 Å². The lowest BCUT2D eigenvalue weighted by atomic mass is 10.1. The van der Waals surface area contributed by atoms with Crippen molar-refractivity contribution in [1.82, 2.24) is 5.16 Å². The van der Waals surface area contributed by atoms with E-state index in [0.717, 1.165) is 5.56 Å². The Morgan fingerprint density at radius 2 is 2.31 bits per heavy atom. The number of aromatic nitrogens is 1.